The third kappa shape index (κ3) is 4.91. The van der Waals surface area contributed by atoms with E-state index in [0.29, 0.717) is 16.9 Å². The summed E-state index contributed by atoms with van der Waals surface area (Å²) < 4.78 is 40.4. The molecule has 0 aliphatic rings. The van der Waals surface area contributed by atoms with E-state index in [9.17, 15) is 18.0 Å². The highest BCUT2D eigenvalue weighted by Gasteiger charge is 2.38. The third-order valence-corrected chi connectivity index (χ3v) is 4.93. The molecule has 6 nitrogen and oxygen atoms in total. The fraction of sp³-hybridized carbons (Fsp3) is 0.429. The molecule has 0 saturated carbocycles. The Morgan fingerprint density at radius 1 is 1.20 bits per heavy atom. The monoisotopic (exact) mass is 421 g/mol. The smallest absolute Gasteiger partial charge is 0.343 e. The lowest BCUT2D eigenvalue weighted by molar-refractivity contribution is -0.157. The highest BCUT2D eigenvalue weighted by Crippen LogP contribution is 2.25. The summed E-state index contributed by atoms with van der Waals surface area (Å²) >= 11 is 0. The zero-order valence-corrected chi connectivity index (χ0v) is 17.2. The van der Waals surface area contributed by atoms with Gasteiger partial charge in [-0.3, -0.25) is 4.57 Å². The van der Waals surface area contributed by atoms with Gasteiger partial charge in [0, 0.05) is 29.2 Å². The van der Waals surface area contributed by atoms with Crippen LogP contribution in [0.5, 0.6) is 0 Å². The van der Waals surface area contributed by atoms with E-state index in [2.05, 4.69) is 36.1 Å². The third-order valence-electron chi connectivity index (χ3n) is 4.93. The van der Waals surface area contributed by atoms with Crippen molar-refractivity contribution in [1.82, 2.24) is 19.9 Å². The van der Waals surface area contributed by atoms with Crippen molar-refractivity contribution in [1.29, 1.82) is 0 Å². The first kappa shape index (κ1) is 22.0. The predicted octanol–water partition coefficient (Wildman–Crippen LogP) is 3.38. The lowest BCUT2D eigenvalue weighted by atomic mass is 9.92. The van der Waals surface area contributed by atoms with Crippen molar-refractivity contribution < 1.29 is 13.2 Å². The predicted molar refractivity (Wildman–Crippen MR) is 111 cm³/mol. The summed E-state index contributed by atoms with van der Waals surface area (Å²) in [6.45, 7) is 6.18. The maximum absolute atomic E-state index is 13.0. The normalized spacial score (nSPS) is 13.7. The van der Waals surface area contributed by atoms with E-state index < -0.39 is 17.9 Å². The number of H-pyrrole nitrogens is 1. The fourth-order valence-electron chi connectivity index (χ4n) is 3.15. The number of nitrogens with two attached hydrogens (primary N) is 1. The molecule has 0 saturated heterocycles. The molecule has 1 unspecified atom stereocenters. The van der Waals surface area contributed by atoms with E-state index in [1.165, 1.54) is 4.57 Å². The van der Waals surface area contributed by atoms with Gasteiger partial charge in [0.25, 0.3) is 0 Å². The van der Waals surface area contributed by atoms with Crippen molar-refractivity contribution in [3.05, 3.63) is 58.3 Å². The molecule has 2 aromatic heterocycles. The van der Waals surface area contributed by atoms with E-state index >= 15 is 0 Å². The fourth-order valence-corrected chi connectivity index (χ4v) is 3.15. The number of hydrogen-bond donors (Lipinski definition) is 3. The van der Waals surface area contributed by atoms with Gasteiger partial charge >= 0.3 is 11.9 Å². The molecule has 0 radical (unpaired) electrons. The lowest BCUT2D eigenvalue weighted by Gasteiger charge is -2.21. The summed E-state index contributed by atoms with van der Waals surface area (Å²) in [6, 6.07) is 7.07. The first-order valence-electron chi connectivity index (χ1n) is 9.71. The van der Waals surface area contributed by atoms with Gasteiger partial charge < -0.3 is 16.0 Å². The quantitative estimate of drug-likeness (QED) is 0.569. The van der Waals surface area contributed by atoms with Crippen molar-refractivity contribution in [3.63, 3.8) is 0 Å². The zero-order valence-electron chi connectivity index (χ0n) is 17.2. The van der Waals surface area contributed by atoms with Gasteiger partial charge in [0.05, 0.1) is 5.69 Å². The second kappa shape index (κ2) is 8.23. The van der Waals surface area contributed by atoms with Crippen molar-refractivity contribution >= 4 is 11.0 Å². The number of fused-ring (bicyclic) bond motifs is 1. The molecular formula is C21H26F3N5O. The Morgan fingerprint density at radius 3 is 2.43 bits per heavy atom. The Bertz CT molecular complexity index is 1060. The Morgan fingerprint density at radius 2 is 1.87 bits per heavy atom. The molecule has 0 spiro atoms. The highest BCUT2D eigenvalue weighted by molar-refractivity contribution is 5.76. The number of halogens is 3. The number of aromatic nitrogens is 3. The number of aromatic amines is 1. The van der Waals surface area contributed by atoms with Crippen LogP contribution in [0.2, 0.25) is 0 Å². The summed E-state index contributed by atoms with van der Waals surface area (Å²) in [5.41, 5.74) is 7.49. The summed E-state index contributed by atoms with van der Waals surface area (Å²) in [5, 5.41) is 3.30. The van der Waals surface area contributed by atoms with Crippen molar-refractivity contribution in [2.24, 2.45) is 5.73 Å². The average molecular weight is 421 g/mol. The Balaban J connectivity index is 1.81. The number of nitrogens with zero attached hydrogens (tertiary/aromatic N) is 2. The largest absolute Gasteiger partial charge is 0.403 e. The molecule has 4 N–H and O–H groups in total. The van der Waals surface area contributed by atoms with Crippen LogP contribution in [0.1, 0.15) is 38.4 Å². The zero-order chi connectivity index (χ0) is 22.1. The maximum Gasteiger partial charge on any atom is 0.403 e. The minimum atomic E-state index is -4.35. The van der Waals surface area contributed by atoms with E-state index in [1.807, 2.05) is 6.07 Å². The van der Waals surface area contributed by atoms with Gasteiger partial charge in [-0.15, -0.1) is 0 Å². The van der Waals surface area contributed by atoms with Crippen molar-refractivity contribution in [2.75, 3.05) is 6.54 Å². The van der Waals surface area contributed by atoms with Gasteiger partial charge in [0.15, 0.2) is 0 Å². The number of hydrogen-bond acceptors (Lipinski definition) is 4. The molecule has 0 bridgehead atoms. The Labute approximate surface area is 172 Å². The van der Waals surface area contributed by atoms with Crippen LogP contribution < -0.4 is 16.7 Å². The molecule has 1 atom stereocenters. The maximum atomic E-state index is 13.0. The van der Waals surface area contributed by atoms with Gasteiger partial charge in [-0.25, -0.2) is 4.79 Å². The van der Waals surface area contributed by atoms with Crippen molar-refractivity contribution in [2.45, 2.75) is 51.4 Å². The SMILES string of the molecule is CC(C)(C)c1cc2cn(-c3ccc(CNC(CCN)C(F)(F)F)cc3)c(=O)nc2[nH]1. The van der Waals surface area contributed by atoms with Crippen LogP contribution in [0.3, 0.4) is 0 Å². The molecule has 0 aliphatic carbocycles. The van der Waals surface area contributed by atoms with Gasteiger partial charge in [-0.05, 0) is 36.7 Å². The van der Waals surface area contributed by atoms with Crippen LogP contribution >= 0.6 is 0 Å². The second-order valence-electron chi connectivity index (χ2n) is 8.35. The molecule has 30 heavy (non-hydrogen) atoms. The molecule has 3 rings (SSSR count). The van der Waals surface area contributed by atoms with Crippen LogP contribution in [0.15, 0.2) is 41.3 Å². The minimum Gasteiger partial charge on any atom is -0.343 e. The molecule has 0 aliphatic heterocycles. The van der Waals surface area contributed by atoms with Gasteiger partial charge in [-0.1, -0.05) is 32.9 Å². The number of nitrogens with one attached hydrogen (secondary N) is 2. The molecule has 2 heterocycles. The van der Waals surface area contributed by atoms with Crippen molar-refractivity contribution in [3.8, 4) is 5.69 Å². The first-order chi connectivity index (χ1) is 14.0. The Hall–Kier alpha value is -2.65. The van der Waals surface area contributed by atoms with E-state index in [1.54, 1.807) is 30.5 Å². The number of rotatable bonds is 6. The topological polar surface area (TPSA) is 88.7 Å². The van der Waals surface area contributed by atoms with E-state index in [-0.39, 0.29) is 24.9 Å². The second-order valence-corrected chi connectivity index (χ2v) is 8.35. The molecule has 0 amide bonds. The van der Waals surface area contributed by atoms with Crippen LogP contribution in [-0.2, 0) is 12.0 Å². The van der Waals surface area contributed by atoms with Gasteiger partial charge in [0.1, 0.15) is 11.7 Å². The number of benzene rings is 1. The molecule has 1 aromatic carbocycles. The summed E-state index contributed by atoms with van der Waals surface area (Å²) in [5.74, 6) is 0. The van der Waals surface area contributed by atoms with Gasteiger partial charge in [0.2, 0.25) is 0 Å². The molecule has 3 aromatic rings. The van der Waals surface area contributed by atoms with Crippen LogP contribution in [0, 0.1) is 0 Å². The molecular weight excluding hydrogens is 395 g/mol. The standard InChI is InChI=1S/C21H26F3N5O/c1-20(2,3)17-10-14-12-29(19(30)28-18(14)27-17)15-6-4-13(5-7-15)11-26-16(8-9-25)21(22,23)24/h4-7,10,12,16,26H,8-9,11,25H2,1-3H3,(H,27,28,30). The minimum absolute atomic E-state index is 0.0450. The highest BCUT2D eigenvalue weighted by atomic mass is 19.4. The first-order valence-corrected chi connectivity index (χ1v) is 9.71. The molecule has 0 fully saturated rings. The summed E-state index contributed by atoms with van der Waals surface area (Å²) in [6.07, 6.45) is -2.82. The lowest BCUT2D eigenvalue weighted by Crippen LogP contribution is -2.43. The summed E-state index contributed by atoms with van der Waals surface area (Å²) in [4.78, 5) is 19.8. The van der Waals surface area contributed by atoms with Crippen LogP contribution in [-0.4, -0.2) is 33.3 Å². The molecule has 162 valence electrons. The van der Waals surface area contributed by atoms with Crippen LogP contribution in [0.4, 0.5) is 13.2 Å². The summed E-state index contributed by atoms with van der Waals surface area (Å²) in [7, 11) is 0. The Kier molecular flexibility index (Phi) is 6.05. The molecule has 9 heteroatoms. The number of alkyl halides is 3. The van der Waals surface area contributed by atoms with E-state index in [0.717, 1.165) is 11.1 Å². The van der Waals surface area contributed by atoms with Gasteiger partial charge in [-0.2, -0.15) is 18.2 Å². The average Bonchev–Trinajstić information content (AvgIpc) is 3.07. The van der Waals surface area contributed by atoms with E-state index in [4.69, 9.17) is 5.73 Å². The van der Waals surface area contributed by atoms with Crippen LogP contribution in [0.25, 0.3) is 16.7 Å².